The molecular formula is C19H21N5O3S2. The maximum Gasteiger partial charge on any atom is 0.240 e. The number of nitrogens with zero attached hydrogens (tertiary/aromatic N) is 3. The number of nitrogens with two attached hydrogens (primary N) is 1. The number of benzene rings is 1. The highest BCUT2D eigenvalue weighted by molar-refractivity contribution is 7.89. The first-order valence-electron chi connectivity index (χ1n) is 9.09. The molecule has 4 N–H and O–H groups in total. The lowest BCUT2D eigenvalue weighted by Gasteiger charge is -2.31. The Morgan fingerprint density at radius 2 is 1.97 bits per heavy atom. The Kier molecular flexibility index (Phi) is 5.11. The number of rotatable bonds is 5. The summed E-state index contributed by atoms with van der Waals surface area (Å²) in [6.07, 6.45) is 3.67. The average Bonchev–Trinajstić information content (AvgIpc) is 3.07. The molecule has 0 spiro atoms. The van der Waals surface area contributed by atoms with E-state index in [0.717, 1.165) is 15.4 Å². The van der Waals surface area contributed by atoms with E-state index >= 15 is 0 Å². The summed E-state index contributed by atoms with van der Waals surface area (Å²) in [7, 11) is -3.70. The van der Waals surface area contributed by atoms with Crippen molar-refractivity contribution in [3.8, 4) is 21.8 Å². The molecule has 1 saturated carbocycles. The maximum atomic E-state index is 12.7. The van der Waals surface area contributed by atoms with Crippen LogP contribution in [0.2, 0.25) is 0 Å². The third-order valence-electron chi connectivity index (χ3n) is 4.89. The van der Waals surface area contributed by atoms with E-state index in [-0.39, 0.29) is 10.9 Å². The Morgan fingerprint density at radius 3 is 2.62 bits per heavy atom. The molecule has 10 heteroatoms. The molecule has 0 aliphatic heterocycles. The summed E-state index contributed by atoms with van der Waals surface area (Å²) in [5.41, 5.74) is 8.61. The Bertz CT molecular complexity index is 1170. The standard InChI is InChI=1S/C19H21N5O3S2/c1-10-3-4-14(29(26,27)24-12-5-13(25)6-12)7-15(10)16-8-22-19(20)18(23-16)17-9-21-11(2)28-17/h3-4,7-9,12-13,24-25H,5-6H2,1-2H3,(H2,20,22). The van der Waals surface area contributed by atoms with Crippen molar-refractivity contribution in [3.63, 3.8) is 0 Å². The third kappa shape index (κ3) is 4.01. The van der Waals surface area contributed by atoms with Crippen LogP contribution in [0.5, 0.6) is 0 Å². The highest BCUT2D eigenvalue weighted by Crippen LogP contribution is 2.32. The number of nitrogen functional groups attached to an aromatic ring is 1. The summed E-state index contributed by atoms with van der Waals surface area (Å²) in [4.78, 5) is 14.1. The molecule has 1 aliphatic rings. The lowest BCUT2D eigenvalue weighted by molar-refractivity contribution is 0.0712. The first-order chi connectivity index (χ1) is 13.7. The minimum absolute atomic E-state index is 0.147. The zero-order valence-corrected chi connectivity index (χ0v) is 17.6. The molecule has 29 heavy (non-hydrogen) atoms. The fraction of sp³-hybridized carbons (Fsp3) is 0.316. The topological polar surface area (TPSA) is 131 Å². The van der Waals surface area contributed by atoms with Gasteiger partial charge >= 0.3 is 0 Å². The van der Waals surface area contributed by atoms with Crippen LogP contribution in [0.3, 0.4) is 0 Å². The first-order valence-corrected chi connectivity index (χ1v) is 11.4. The molecule has 0 bridgehead atoms. The zero-order valence-electron chi connectivity index (χ0n) is 16.0. The SMILES string of the molecule is Cc1ncc(-c2nc(-c3cc(S(=O)(=O)NC4CC(O)C4)ccc3C)cnc2N)s1. The van der Waals surface area contributed by atoms with Gasteiger partial charge in [-0.1, -0.05) is 6.07 Å². The van der Waals surface area contributed by atoms with Gasteiger partial charge in [-0.3, -0.25) is 0 Å². The van der Waals surface area contributed by atoms with E-state index in [1.807, 2.05) is 13.8 Å². The van der Waals surface area contributed by atoms with Crippen molar-refractivity contribution >= 4 is 27.2 Å². The third-order valence-corrected chi connectivity index (χ3v) is 7.32. The minimum atomic E-state index is -3.70. The second-order valence-electron chi connectivity index (χ2n) is 7.15. The van der Waals surface area contributed by atoms with Crippen molar-refractivity contribution in [3.05, 3.63) is 41.2 Å². The van der Waals surface area contributed by atoms with Crippen molar-refractivity contribution < 1.29 is 13.5 Å². The van der Waals surface area contributed by atoms with Gasteiger partial charge in [-0.15, -0.1) is 11.3 Å². The Morgan fingerprint density at radius 1 is 1.21 bits per heavy atom. The molecule has 2 heterocycles. The number of aliphatic hydroxyl groups is 1. The van der Waals surface area contributed by atoms with E-state index in [1.54, 1.807) is 30.6 Å². The quantitative estimate of drug-likeness (QED) is 0.565. The first kappa shape index (κ1) is 19.9. The van der Waals surface area contributed by atoms with Gasteiger partial charge in [-0.25, -0.2) is 28.1 Å². The van der Waals surface area contributed by atoms with E-state index in [9.17, 15) is 13.5 Å². The van der Waals surface area contributed by atoms with Crippen LogP contribution in [0.4, 0.5) is 5.82 Å². The van der Waals surface area contributed by atoms with Gasteiger partial charge in [-0.2, -0.15) is 0 Å². The van der Waals surface area contributed by atoms with Crippen LogP contribution in [0.15, 0.2) is 35.5 Å². The van der Waals surface area contributed by atoms with Crippen molar-refractivity contribution in [1.82, 2.24) is 19.7 Å². The molecule has 152 valence electrons. The molecule has 0 saturated heterocycles. The maximum absolute atomic E-state index is 12.7. The molecule has 4 rings (SSSR count). The Hall–Kier alpha value is -2.40. The summed E-state index contributed by atoms with van der Waals surface area (Å²) in [6, 6.07) is 4.66. The van der Waals surface area contributed by atoms with E-state index < -0.39 is 16.1 Å². The number of thiazole rings is 1. The molecule has 8 nitrogen and oxygen atoms in total. The van der Waals surface area contributed by atoms with Gasteiger partial charge in [0.2, 0.25) is 10.0 Å². The van der Waals surface area contributed by atoms with Crippen molar-refractivity contribution in [1.29, 1.82) is 0 Å². The highest BCUT2D eigenvalue weighted by Gasteiger charge is 2.31. The lowest BCUT2D eigenvalue weighted by atomic mass is 9.91. The van der Waals surface area contributed by atoms with Crippen LogP contribution in [0.1, 0.15) is 23.4 Å². The molecule has 1 aliphatic carbocycles. The lowest BCUT2D eigenvalue weighted by Crippen LogP contribution is -2.46. The summed E-state index contributed by atoms with van der Waals surface area (Å²) < 4.78 is 28.1. The highest BCUT2D eigenvalue weighted by atomic mass is 32.2. The van der Waals surface area contributed by atoms with Gasteiger partial charge in [0.1, 0.15) is 5.69 Å². The van der Waals surface area contributed by atoms with Crippen LogP contribution in [0, 0.1) is 13.8 Å². The van der Waals surface area contributed by atoms with Gasteiger partial charge in [0.05, 0.1) is 32.8 Å². The van der Waals surface area contributed by atoms with E-state index in [2.05, 4.69) is 19.7 Å². The van der Waals surface area contributed by atoms with Crippen molar-refractivity contribution in [2.24, 2.45) is 0 Å². The van der Waals surface area contributed by atoms with Crippen LogP contribution in [0.25, 0.3) is 21.8 Å². The molecule has 3 aromatic rings. The van der Waals surface area contributed by atoms with Gasteiger partial charge in [0, 0.05) is 17.8 Å². The number of hydrogen-bond acceptors (Lipinski definition) is 8. The molecule has 0 radical (unpaired) electrons. The number of aryl methyl sites for hydroxylation is 2. The smallest absolute Gasteiger partial charge is 0.240 e. The summed E-state index contributed by atoms with van der Waals surface area (Å²) in [5.74, 6) is 0.295. The number of sulfonamides is 1. The molecular weight excluding hydrogens is 410 g/mol. The predicted octanol–water partition coefficient (Wildman–Crippen LogP) is 2.27. The second-order valence-corrected chi connectivity index (χ2v) is 10.1. The largest absolute Gasteiger partial charge is 0.393 e. The van der Waals surface area contributed by atoms with Crippen molar-refractivity contribution in [2.75, 3.05) is 5.73 Å². The predicted molar refractivity (Wildman–Crippen MR) is 112 cm³/mol. The summed E-state index contributed by atoms with van der Waals surface area (Å²) in [6.45, 7) is 3.78. The van der Waals surface area contributed by atoms with E-state index in [4.69, 9.17) is 5.73 Å². The second kappa shape index (κ2) is 7.45. The van der Waals surface area contributed by atoms with E-state index in [1.165, 1.54) is 11.3 Å². The molecule has 2 aromatic heterocycles. The normalized spacial score (nSPS) is 19.1. The molecule has 0 amide bonds. The Balaban J connectivity index is 1.71. The molecule has 1 aromatic carbocycles. The Labute approximate surface area is 172 Å². The van der Waals surface area contributed by atoms with Crippen LogP contribution in [-0.2, 0) is 10.0 Å². The van der Waals surface area contributed by atoms with Gasteiger partial charge in [-0.05, 0) is 44.4 Å². The number of nitrogens with one attached hydrogen (secondary N) is 1. The summed E-state index contributed by atoms with van der Waals surface area (Å²) >= 11 is 1.47. The van der Waals surface area contributed by atoms with Crippen LogP contribution < -0.4 is 10.5 Å². The molecule has 1 fully saturated rings. The number of aromatic nitrogens is 3. The van der Waals surface area contributed by atoms with E-state index in [0.29, 0.717) is 35.6 Å². The van der Waals surface area contributed by atoms with Gasteiger partial charge < -0.3 is 10.8 Å². The number of anilines is 1. The zero-order chi connectivity index (χ0) is 20.8. The van der Waals surface area contributed by atoms with Gasteiger partial charge in [0.15, 0.2) is 5.82 Å². The van der Waals surface area contributed by atoms with Crippen LogP contribution in [-0.4, -0.2) is 40.6 Å². The monoisotopic (exact) mass is 431 g/mol. The number of aliphatic hydroxyl groups excluding tert-OH is 1. The minimum Gasteiger partial charge on any atom is -0.393 e. The fourth-order valence-electron chi connectivity index (χ4n) is 3.20. The van der Waals surface area contributed by atoms with Crippen LogP contribution >= 0.6 is 11.3 Å². The van der Waals surface area contributed by atoms with Gasteiger partial charge in [0.25, 0.3) is 0 Å². The molecule has 0 unspecified atom stereocenters. The van der Waals surface area contributed by atoms with Crippen molar-refractivity contribution in [2.45, 2.75) is 43.7 Å². The number of hydrogen-bond donors (Lipinski definition) is 3. The average molecular weight is 432 g/mol. The summed E-state index contributed by atoms with van der Waals surface area (Å²) in [5, 5.41) is 10.3. The molecule has 0 atom stereocenters. The fourth-order valence-corrected chi connectivity index (χ4v) is 5.26.